The van der Waals surface area contributed by atoms with Gasteiger partial charge < -0.3 is 28.9 Å². The minimum atomic E-state index is -0.385. The van der Waals surface area contributed by atoms with Crippen LogP contribution in [0.3, 0.4) is 0 Å². The number of ether oxygens (including phenoxy) is 4. The summed E-state index contributed by atoms with van der Waals surface area (Å²) in [6.07, 6.45) is 0. The van der Waals surface area contributed by atoms with Gasteiger partial charge in [-0.3, -0.25) is 0 Å². The predicted octanol–water partition coefficient (Wildman–Crippen LogP) is 12.1. The van der Waals surface area contributed by atoms with Gasteiger partial charge in [-0.2, -0.15) is 0 Å². The average Bonchev–Trinajstić information content (AvgIpc) is 4.03. The van der Waals surface area contributed by atoms with E-state index >= 15 is 0 Å². The van der Waals surface area contributed by atoms with Crippen LogP contribution in [0.25, 0.3) is 89.4 Å². The Morgan fingerprint density at radius 2 is 0.574 bits per heavy atom. The van der Waals surface area contributed by atoms with Crippen LogP contribution < -0.4 is 0 Å². The lowest BCUT2D eigenvalue weighted by atomic mass is 9.97. The van der Waals surface area contributed by atoms with Gasteiger partial charge in [0.2, 0.25) is 0 Å². The molecular weight excluding hydrogens is 857 g/mol. The molecular formula is C56H46N4O8. The van der Waals surface area contributed by atoms with Crippen molar-refractivity contribution in [2.45, 2.75) is 27.7 Å². The van der Waals surface area contributed by atoms with Crippen molar-refractivity contribution in [2.24, 2.45) is 0 Å². The van der Waals surface area contributed by atoms with Crippen LogP contribution in [0.4, 0.5) is 0 Å². The molecule has 0 aliphatic rings. The number of aromatic amines is 2. The van der Waals surface area contributed by atoms with Gasteiger partial charge in [0.25, 0.3) is 0 Å². The zero-order valence-electron chi connectivity index (χ0n) is 37.8. The third-order valence-corrected chi connectivity index (χ3v) is 11.5. The molecule has 12 heteroatoms. The highest BCUT2D eigenvalue weighted by atomic mass is 16.5. The Balaban J connectivity index is 1.11. The summed E-state index contributed by atoms with van der Waals surface area (Å²) in [7, 11) is 0. The normalized spacial score (nSPS) is 11.1. The van der Waals surface area contributed by atoms with Crippen molar-refractivity contribution in [3.63, 3.8) is 0 Å². The number of fused-ring (bicyclic) bond motifs is 2. The molecule has 68 heavy (non-hydrogen) atoms. The van der Waals surface area contributed by atoms with Gasteiger partial charge >= 0.3 is 23.9 Å². The Morgan fingerprint density at radius 1 is 0.338 bits per heavy atom. The van der Waals surface area contributed by atoms with E-state index in [0.29, 0.717) is 33.9 Å². The SMILES string of the molecule is CCOC(=O)c1ccc(-c2ccc(-c3ccc(C(=O)OCC)cc3)c3[nH]c(-c4ccc(-c5nc6c(-c7ccc(C(=O)OCC)cc7)ccc(-c7ccc(C(=O)OCC)cc7)c6[nH]5)cc4)nc23)cc1. The quantitative estimate of drug-likeness (QED) is 0.0793. The first-order chi connectivity index (χ1) is 33.2. The monoisotopic (exact) mass is 902 g/mol. The lowest BCUT2D eigenvalue weighted by Gasteiger charge is -2.09. The number of hydrogen-bond donors (Lipinski definition) is 2. The van der Waals surface area contributed by atoms with Crippen LogP contribution in [0.2, 0.25) is 0 Å². The highest BCUT2D eigenvalue weighted by Crippen LogP contribution is 2.39. The molecule has 12 nitrogen and oxygen atoms in total. The van der Waals surface area contributed by atoms with Crippen LogP contribution in [0.1, 0.15) is 69.1 Å². The number of benzene rings is 7. The van der Waals surface area contributed by atoms with Gasteiger partial charge in [0.05, 0.1) is 70.7 Å². The molecule has 0 fully saturated rings. The molecule has 0 unspecified atom stereocenters. The minimum Gasteiger partial charge on any atom is -0.462 e. The summed E-state index contributed by atoms with van der Waals surface area (Å²) in [5, 5.41) is 0. The van der Waals surface area contributed by atoms with E-state index < -0.39 is 0 Å². The zero-order valence-corrected chi connectivity index (χ0v) is 37.8. The second-order valence-corrected chi connectivity index (χ2v) is 15.7. The summed E-state index contributed by atoms with van der Waals surface area (Å²) in [4.78, 5) is 67.4. The molecule has 9 aromatic rings. The van der Waals surface area contributed by atoms with Gasteiger partial charge in [0.15, 0.2) is 0 Å². The smallest absolute Gasteiger partial charge is 0.338 e. The van der Waals surface area contributed by atoms with E-state index in [1.54, 1.807) is 76.2 Å². The Morgan fingerprint density at radius 3 is 0.838 bits per heavy atom. The molecule has 0 atom stereocenters. The maximum absolute atomic E-state index is 12.5. The maximum Gasteiger partial charge on any atom is 0.338 e. The molecule has 0 amide bonds. The minimum absolute atomic E-state index is 0.284. The van der Waals surface area contributed by atoms with E-state index in [1.165, 1.54) is 0 Å². The maximum atomic E-state index is 12.5. The highest BCUT2D eigenvalue weighted by Gasteiger charge is 2.20. The topological polar surface area (TPSA) is 163 Å². The number of nitrogens with zero attached hydrogens (tertiary/aromatic N) is 2. The fourth-order valence-corrected chi connectivity index (χ4v) is 8.19. The molecule has 2 aromatic heterocycles. The van der Waals surface area contributed by atoms with Crippen LogP contribution in [-0.4, -0.2) is 70.2 Å². The van der Waals surface area contributed by atoms with E-state index in [4.69, 9.17) is 28.9 Å². The first-order valence-electron chi connectivity index (χ1n) is 22.4. The van der Waals surface area contributed by atoms with Crippen molar-refractivity contribution in [2.75, 3.05) is 26.4 Å². The fraction of sp³-hybridized carbons (Fsp3) is 0.143. The number of aromatic nitrogens is 4. The molecule has 0 aliphatic carbocycles. The summed E-state index contributed by atoms with van der Waals surface area (Å²) in [5.41, 5.74) is 13.5. The van der Waals surface area contributed by atoms with Crippen molar-refractivity contribution >= 4 is 45.9 Å². The van der Waals surface area contributed by atoms with E-state index in [1.807, 2.05) is 97.1 Å². The molecule has 0 radical (unpaired) electrons. The standard InChI is InChI=1S/C56H46N4O8/c1-5-65-53(61)39-21-9-33(10-22-39)43-29-30-44(34-11-23-40(24-12-34)54(62)66-6-2)48-47(43)57-51(58-48)37-17-19-38(20-18-37)52-59-49-45(35-13-25-41(26-14-35)55(63)67-7-3)31-32-46(50(49)60-52)36-15-27-42(28-16-36)56(64)68-8-4/h9-32H,5-8H2,1-4H3,(H,57,58)(H,59,60). The van der Waals surface area contributed by atoms with Gasteiger partial charge in [0.1, 0.15) is 11.6 Å². The molecule has 0 saturated heterocycles. The number of imidazole rings is 2. The van der Waals surface area contributed by atoms with E-state index in [9.17, 15) is 19.2 Å². The number of H-pyrrole nitrogens is 2. The van der Waals surface area contributed by atoms with Crippen LogP contribution in [0.15, 0.2) is 146 Å². The van der Waals surface area contributed by atoms with Crippen LogP contribution >= 0.6 is 0 Å². The van der Waals surface area contributed by atoms with Gasteiger partial charge in [-0.1, -0.05) is 97.1 Å². The van der Waals surface area contributed by atoms with E-state index in [0.717, 1.165) is 77.7 Å². The van der Waals surface area contributed by atoms with Crippen LogP contribution in [-0.2, 0) is 18.9 Å². The highest BCUT2D eigenvalue weighted by molar-refractivity contribution is 6.05. The third-order valence-electron chi connectivity index (χ3n) is 11.5. The van der Waals surface area contributed by atoms with Crippen LogP contribution in [0, 0.1) is 0 Å². The van der Waals surface area contributed by atoms with Gasteiger partial charge in [-0.15, -0.1) is 0 Å². The molecule has 0 aliphatic heterocycles. The molecule has 7 aromatic carbocycles. The molecule has 9 rings (SSSR count). The van der Waals surface area contributed by atoms with E-state index in [-0.39, 0.29) is 50.3 Å². The first-order valence-corrected chi connectivity index (χ1v) is 22.4. The third kappa shape index (κ3) is 8.87. The number of esters is 4. The second-order valence-electron chi connectivity index (χ2n) is 15.7. The number of carbonyl (C=O) groups is 4. The Kier molecular flexibility index (Phi) is 12.7. The van der Waals surface area contributed by atoms with Crippen molar-refractivity contribution in [3.05, 3.63) is 168 Å². The summed E-state index contributed by atoms with van der Waals surface area (Å²) in [6, 6.07) is 45.2. The number of rotatable bonds is 14. The lowest BCUT2D eigenvalue weighted by Crippen LogP contribution is -2.04. The van der Waals surface area contributed by atoms with Crippen molar-refractivity contribution < 1.29 is 38.1 Å². The largest absolute Gasteiger partial charge is 0.462 e. The lowest BCUT2D eigenvalue weighted by molar-refractivity contribution is 0.0517. The van der Waals surface area contributed by atoms with Gasteiger partial charge in [-0.25, -0.2) is 29.1 Å². The Hall–Kier alpha value is -8.64. The number of nitrogens with one attached hydrogen (secondary N) is 2. The molecule has 0 spiro atoms. The molecule has 2 N–H and O–H groups in total. The van der Waals surface area contributed by atoms with Crippen LogP contribution in [0.5, 0.6) is 0 Å². The Labute approximate surface area is 391 Å². The van der Waals surface area contributed by atoms with Gasteiger partial charge in [-0.05, 0) is 98.5 Å². The molecule has 0 bridgehead atoms. The predicted molar refractivity (Wildman–Crippen MR) is 262 cm³/mol. The van der Waals surface area contributed by atoms with Crippen molar-refractivity contribution in [3.8, 4) is 67.3 Å². The first kappa shape index (κ1) is 44.6. The summed E-state index contributed by atoms with van der Waals surface area (Å²) in [5.74, 6) is -0.263. The zero-order chi connectivity index (χ0) is 47.3. The second kappa shape index (κ2) is 19.4. The summed E-state index contributed by atoms with van der Waals surface area (Å²) >= 11 is 0. The number of carbonyl (C=O) groups excluding carboxylic acids is 4. The Bertz CT molecular complexity index is 2900. The van der Waals surface area contributed by atoms with Crippen molar-refractivity contribution in [1.29, 1.82) is 0 Å². The fourth-order valence-electron chi connectivity index (χ4n) is 8.19. The van der Waals surface area contributed by atoms with E-state index in [2.05, 4.69) is 9.97 Å². The summed E-state index contributed by atoms with van der Waals surface area (Å²) in [6.45, 7) is 8.24. The molecule has 2 heterocycles. The molecule has 338 valence electrons. The van der Waals surface area contributed by atoms with Gasteiger partial charge in [0, 0.05) is 33.4 Å². The molecule has 0 saturated carbocycles. The average molecular weight is 903 g/mol. The summed E-state index contributed by atoms with van der Waals surface area (Å²) < 4.78 is 20.9. The van der Waals surface area contributed by atoms with Crippen molar-refractivity contribution in [1.82, 2.24) is 19.9 Å². The number of hydrogen-bond acceptors (Lipinski definition) is 10.